The van der Waals surface area contributed by atoms with Gasteiger partial charge in [-0.3, -0.25) is 4.79 Å². The van der Waals surface area contributed by atoms with Gasteiger partial charge in [0.1, 0.15) is 12.1 Å². The molecule has 4 rings (SSSR count). The first-order valence-electron chi connectivity index (χ1n) is 9.33. The highest BCUT2D eigenvalue weighted by Crippen LogP contribution is 2.27. The van der Waals surface area contributed by atoms with E-state index in [1.54, 1.807) is 17.2 Å². The van der Waals surface area contributed by atoms with Crippen LogP contribution in [0.1, 0.15) is 20.8 Å². The molecule has 0 saturated carbocycles. The molecule has 0 spiro atoms. The Hall–Kier alpha value is -2.67. The maximum atomic E-state index is 12.5. The van der Waals surface area contributed by atoms with E-state index in [4.69, 9.17) is 11.6 Å². The smallest absolute Gasteiger partial charge is 0.228 e. The first-order valence-corrected chi connectivity index (χ1v) is 9.71. The van der Waals surface area contributed by atoms with Crippen LogP contribution in [0, 0.1) is 5.41 Å². The molecule has 1 fully saturated rings. The van der Waals surface area contributed by atoms with Crippen LogP contribution >= 0.6 is 11.6 Å². The van der Waals surface area contributed by atoms with Gasteiger partial charge in [0.05, 0.1) is 17.3 Å². The van der Waals surface area contributed by atoms with E-state index in [-0.39, 0.29) is 11.3 Å². The second-order valence-corrected chi connectivity index (χ2v) is 8.44. The van der Waals surface area contributed by atoms with Crippen molar-refractivity contribution in [3.05, 3.63) is 41.8 Å². The Balaban J connectivity index is 1.60. The number of aromatic nitrogens is 4. The second kappa shape index (κ2) is 7.05. The highest BCUT2D eigenvalue weighted by Gasteiger charge is 2.30. The third-order valence-corrected chi connectivity index (χ3v) is 5.14. The highest BCUT2D eigenvalue weighted by molar-refractivity contribution is 6.30. The summed E-state index contributed by atoms with van der Waals surface area (Å²) >= 11 is 6.12. The van der Waals surface area contributed by atoms with Gasteiger partial charge >= 0.3 is 0 Å². The van der Waals surface area contributed by atoms with Gasteiger partial charge in [0.15, 0.2) is 5.65 Å². The molecule has 1 aliphatic rings. The number of hydrogen-bond acceptors (Lipinski definition) is 5. The number of anilines is 1. The summed E-state index contributed by atoms with van der Waals surface area (Å²) in [4.78, 5) is 25.6. The van der Waals surface area contributed by atoms with Crippen molar-refractivity contribution in [3.63, 3.8) is 0 Å². The van der Waals surface area contributed by atoms with E-state index < -0.39 is 0 Å². The largest absolute Gasteiger partial charge is 0.352 e. The van der Waals surface area contributed by atoms with E-state index in [2.05, 4.69) is 20.0 Å². The van der Waals surface area contributed by atoms with Crippen LogP contribution in [0.15, 0.2) is 36.8 Å². The molecule has 0 N–H and O–H groups in total. The first kappa shape index (κ1) is 18.7. The van der Waals surface area contributed by atoms with Gasteiger partial charge in [0.2, 0.25) is 5.91 Å². The topological polar surface area (TPSA) is 67.2 Å². The van der Waals surface area contributed by atoms with Crippen molar-refractivity contribution in [2.24, 2.45) is 5.41 Å². The number of carbonyl (C=O) groups excluding carboxylic acids is 1. The zero-order chi connectivity index (χ0) is 19.9. The Kier molecular flexibility index (Phi) is 4.71. The van der Waals surface area contributed by atoms with Crippen molar-refractivity contribution in [2.45, 2.75) is 20.8 Å². The summed E-state index contributed by atoms with van der Waals surface area (Å²) in [6.07, 6.45) is 3.35. The van der Waals surface area contributed by atoms with Crippen molar-refractivity contribution in [3.8, 4) is 5.69 Å². The van der Waals surface area contributed by atoms with E-state index in [9.17, 15) is 4.79 Å². The van der Waals surface area contributed by atoms with Gasteiger partial charge in [-0.2, -0.15) is 5.10 Å². The van der Waals surface area contributed by atoms with E-state index in [1.807, 2.05) is 49.9 Å². The molecule has 2 aromatic heterocycles. The fraction of sp³-hybridized carbons (Fsp3) is 0.400. The molecule has 0 unspecified atom stereocenters. The monoisotopic (exact) mass is 398 g/mol. The van der Waals surface area contributed by atoms with Crippen molar-refractivity contribution < 1.29 is 4.79 Å². The molecule has 0 radical (unpaired) electrons. The number of fused-ring (bicyclic) bond motifs is 1. The summed E-state index contributed by atoms with van der Waals surface area (Å²) in [5, 5.41) is 6.04. The van der Waals surface area contributed by atoms with Crippen LogP contribution in [0.5, 0.6) is 0 Å². The summed E-state index contributed by atoms with van der Waals surface area (Å²) in [6.45, 7) is 8.71. The van der Waals surface area contributed by atoms with Gasteiger partial charge in [-0.25, -0.2) is 14.6 Å². The van der Waals surface area contributed by atoms with Crippen LogP contribution in [-0.2, 0) is 4.79 Å². The molecule has 28 heavy (non-hydrogen) atoms. The first-order chi connectivity index (χ1) is 13.3. The predicted molar refractivity (Wildman–Crippen MR) is 110 cm³/mol. The van der Waals surface area contributed by atoms with Gasteiger partial charge in [0, 0.05) is 36.6 Å². The molecule has 3 aromatic rings. The lowest BCUT2D eigenvalue weighted by atomic mass is 9.94. The normalized spacial score (nSPS) is 15.3. The quantitative estimate of drug-likeness (QED) is 0.663. The summed E-state index contributed by atoms with van der Waals surface area (Å²) in [5.41, 5.74) is 1.23. The average molecular weight is 399 g/mol. The van der Waals surface area contributed by atoms with E-state index in [0.29, 0.717) is 18.1 Å². The number of piperazine rings is 1. The summed E-state index contributed by atoms with van der Waals surface area (Å²) < 4.78 is 1.77. The van der Waals surface area contributed by atoms with Crippen LogP contribution < -0.4 is 4.90 Å². The van der Waals surface area contributed by atoms with Crippen molar-refractivity contribution >= 4 is 34.4 Å². The van der Waals surface area contributed by atoms with Crippen LogP contribution in [0.3, 0.4) is 0 Å². The molecule has 0 aliphatic carbocycles. The number of amides is 1. The number of rotatable bonds is 2. The van der Waals surface area contributed by atoms with Crippen LogP contribution in [-0.4, -0.2) is 56.7 Å². The van der Waals surface area contributed by atoms with Gasteiger partial charge in [-0.15, -0.1) is 0 Å². The predicted octanol–water partition coefficient (Wildman–Crippen LogP) is 3.16. The van der Waals surface area contributed by atoms with Crippen molar-refractivity contribution in [1.29, 1.82) is 0 Å². The SMILES string of the molecule is CC(C)(C)C(=O)N1CCN(c2ncnc3c2cnn3-c2cccc(Cl)c2)CC1. The van der Waals surface area contributed by atoms with Crippen LogP contribution in [0.4, 0.5) is 5.82 Å². The number of benzene rings is 1. The molecular formula is C20H23ClN6O. The lowest BCUT2D eigenvalue weighted by Gasteiger charge is -2.38. The number of nitrogens with zero attached hydrogens (tertiary/aromatic N) is 6. The molecule has 146 valence electrons. The molecule has 0 atom stereocenters. The average Bonchev–Trinajstić information content (AvgIpc) is 3.11. The molecule has 1 amide bonds. The van der Waals surface area contributed by atoms with Crippen molar-refractivity contribution in [2.75, 3.05) is 31.1 Å². The molecular weight excluding hydrogens is 376 g/mol. The molecule has 1 saturated heterocycles. The van der Waals surface area contributed by atoms with Crippen LogP contribution in [0.2, 0.25) is 5.02 Å². The minimum atomic E-state index is -0.359. The third-order valence-electron chi connectivity index (χ3n) is 4.91. The fourth-order valence-electron chi connectivity index (χ4n) is 3.48. The molecule has 0 bridgehead atoms. The molecule has 3 heterocycles. The third kappa shape index (κ3) is 3.42. The number of carbonyl (C=O) groups is 1. The minimum Gasteiger partial charge on any atom is -0.352 e. The standard InChI is InChI=1S/C20H23ClN6O/c1-20(2,3)19(28)26-9-7-25(8-10-26)17-16-12-24-27(18(16)23-13-22-17)15-6-4-5-14(21)11-15/h4-6,11-13H,7-10H2,1-3H3. The molecule has 8 heteroatoms. The number of hydrogen-bond donors (Lipinski definition) is 0. The van der Waals surface area contributed by atoms with Gasteiger partial charge in [-0.05, 0) is 18.2 Å². The Morgan fingerprint density at radius 1 is 1.11 bits per heavy atom. The Morgan fingerprint density at radius 3 is 2.54 bits per heavy atom. The minimum absolute atomic E-state index is 0.189. The van der Waals surface area contributed by atoms with E-state index >= 15 is 0 Å². The maximum Gasteiger partial charge on any atom is 0.228 e. The summed E-state index contributed by atoms with van der Waals surface area (Å²) in [6, 6.07) is 7.51. The summed E-state index contributed by atoms with van der Waals surface area (Å²) in [7, 11) is 0. The fourth-order valence-corrected chi connectivity index (χ4v) is 3.66. The van der Waals surface area contributed by atoms with E-state index in [1.165, 1.54) is 0 Å². The second-order valence-electron chi connectivity index (χ2n) is 8.00. The maximum absolute atomic E-state index is 12.5. The molecule has 7 nitrogen and oxygen atoms in total. The molecule has 1 aliphatic heterocycles. The Morgan fingerprint density at radius 2 is 1.86 bits per heavy atom. The van der Waals surface area contributed by atoms with Gasteiger partial charge in [0.25, 0.3) is 0 Å². The molecule has 1 aromatic carbocycles. The van der Waals surface area contributed by atoms with E-state index in [0.717, 1.165) is 35.6 Å². The van der Waals surface area contributed by atoms with Gasteiger partial charge in [-0.1, -0.05) is 38.4 Å². The Bertz CT molecular complexity index is 1020. The highest BCUT2D eigenvalue weighted by atomic mass is 35.5. The van der Waals surface area contributed by atoms with Crippen molar-refractivity contribution in [1.82, 2.24) is 24.6 Å². The van der Waals surface area contributed by atoms with Gasteiger partial charge < -0.3 is 9.80 Å². The lowest BCUT2D eigenvalue weighted by Crippen LogP contribution is -2.51. The number of halogens is 1. The zero-order valence-corrected chi connectivity index (χ0v) is 17.0. The Labute approximate surface area is 168 Å². The zero-order valence-electron chi connectivity index (χ0n) is 16.3. The summed E-state index contributed by atoms with van der Waals surface area (Å²) in [5.74, 6) is 1.04. The lowest BCUT2D eigenvalue weighted by molar-refractivity contribution is -0.139. The van der Waals surface area contributed by atoms with Crippen LogP contribution in [0.25, 0.3) is 16.7 Å².